The van der Waals surface area contributed by atoms with Gasteiger partial charge in [-0.1, -0.05) is 6.07 Å². The molecule has 1 aliphatic rings. The van der Waals surface area contributed by atoms with Crippen molar-refractivity contribution in [3.8, 4) is 0 Å². The van der Waals surface area contributed by atoms with Crippen LogP contribution in [0.2, 0.25) is 0 Å². The minimum absolute atomic E-state index is 0.0316. The van der Waals surface area contributed by atoms with Gasteiger partial charge < -0.3 is 10.1 Å². The summed E-state index contributed by atoms with van der Waals surface area (Å²) >= 11 is 0. The second-order valence-corrected chi connectivity index (χ2v) is 5.96. The molecular weight excluding hydrogens is 212 g/mol. The molecule has 0 aromatic carbocycles. The summed E-state index contributed by atoms with van der Waals surface area (Å²) in [5, 5.41) is 3.58. The van der Waals surface area contributed by atoms with Crippen LogP contribution in [0, 0.1) is 0 Å². The molecule has 3 nitrogen and oxygen atoms in total. The van der Waals surface area contributed by atoms with Crippen molar-refractivity contribution in [3.05, 3.63) is 30.1 Å². The largest absolute Gasteiger partial charge is 0.368 e. The maximum atomic E-state index is 6.06. The second kappa shape index (κ2) is 4.39. The third-order valence-corrected chi connectivity index (χ3v) is 3.35. The van der Waals surface area contributed by atoms with E-state index in [1.165, 1.54) is 5.56 Å². The van der Waals surface area contributed by atoms with Gasteiger partial charge in [0, 0.05) is 25.0 Å². The average Bonchev–Trinajstić information content (AvgIpc) is 2.45. The lowest BCUT2D eigenvalue weighted by molar-refractivity contribution is -0.0699. The zero-order chi connectivity index (χ0) is 12.5. The van der Waals surface area contributed by atoms with Crippen LogP contribution in [0.5, 0.6) is 0 Å². The van der Waals surface area contributed by atoms with E-state index in [9.17, 15) is 0 Å². The SMILES string of the molecule is CC1(C)CC(NCc2cccnc2)C(C)(C)O1. The molecule has 1 aromatic heterocycles. The molecule has 0 spiro atoms. The van der Waals surface area contributed by atoms with Crippen LogP contribution < -0.4 is 5.32 Å². The predicted molar refractivity (Wildman–Crippen MR) is 68.7 cm³/mol. The first-order valence-electron chi connectivity index (χ1n) is 6.21. The Labute approximate surface area is 104 Å². The Morgan fingerprint density at radius 1 is 1.41 bits per heavy atom. The molecule has 1 fully saturated rings. The highest BCUT2D eigenvalue weighted by Crippen LogP contribution is 2.37. The number of hydrogen-bond donors (Lipinski definition) is 1. The van der Waals surface area contributed by atoms with Gasteiger partial charge in [-0.15, -0.1) is 0 Å². The van der Waals surface area contributed by atoms with E-state index in [1.807, 2.05) is 12.3 Å². The molecule has 1 N–H and O–H groups in total. The topological polar surface area (TPSA) is 34.2 Å². The van der Waals surface area contributed by atoms with E-state index in [0.717, 1.165) is 13.0 Å². The lowest BCUT2D eigenvalue weighted by atomic mass is 9.94. The van der Waals surface area contributed by atoms with E-state index in [1.54, 1.807) is 6.20 Å². The highest BCUT2D eigenvalue weighted by Gasteiger charge is 2.45. The van der Waals surface area contributed by atoms with E-state index >= 15 is 0 Å². The van der Waals surface area contributed by atoms with Crippen LogP contribution in [0.25, 0.3) is 0 Å². The van der Waals surface area contributed by atoms with E-state index in [4.69, 9.17) is 4.74 Å². The smallest absolute Gasteiger partial charge is 0.0787 e. The average molecular weight is 234 g/mol. The van der Waals surface area contributed by atoms with Gasteiger partial charge in [-0.2, -0.15) is 0 Å². The first-order chi connectivity index (χ1) is 7.89. The zero-order valence-electron chi connectivity index (χ0n) is 11.2. The molecule has 1 unspecified atom stereocenters. The molecule has 0 saturated carbocycles. The number of hydrogen-bond acceptors (Lipinski definition) is 3. The maximum absolute atomic E-state index is 6.06. The molecular formula is C14H22N2O. The van der Waals surface area contributed by atoms with Crippen LogP contribution in [0.4, 0.5) is 0 Å². The quantitative estimate of drug-likeness (QED) is 0.872. The van der Waals surface area contributed by atoms with Crippen LogP contribution in [-0.4, -0.2) is 22.2 Å². The van der Waals surface area contributed by atoms with E-state index in [0.29, 0.717) is 6.04 Å². The normalized spacial score (nSPS) is 26.0. The van der Waals surface area contributed by atoms with Crippen molar-refractivity contribution < 1.29 is 4.74 Å². The zero-order valence-corrected chi connectivity index (χ0v) is 11.2. The van der Waals surface area contributed by atoms with Crippen molar-refractivity contribution >= 4 is 0 Å². The van der Waals surface area contributed by atoms with Crippen molar-refractivity contribution in [2.45, 2.75) is 57.9 Å². The number of pyridine rings is 1. The van der Waals surface area contributed by atoms with Crippen LogP contribution in [0.15, 0.2) is 24.5 Å². The predicted octanol–water partition coefficient (Wildman–Crippen LogP) is 2.52. The monoisotopic (exact) mass is 234 g/mol. The maximum Gasteiger partial charge on any atom is 0.0787 e. The van der Waals surface area contributed by atoms with Crippen molar-refractivity contribution in [2.24, 2.45) is 0 Å². The Kier molecular flexibility index (Phi) is 3.23. The third-order valence-electron chi connectivity index (χ3n) is 3.35. The fraction of sp³-hybridized carbons (Fsp3) is 0.643. The first-order valence-corrected chi connectivity index (χ1v) is 6.21. The summed E-state index contributed by atoms with van der Waals surface area (Å²) in [5.41, 5.74) is 1.08. The Balaban J connectivity index is 1.96. The van der Waals surface area contributed by atoms with Crippen LogP contribution in [0.1, 0.15) is 39.7 Å². The summed E-state index contributed by atoms with van der Waals surface area (Å²) in [7, 11) is 0. The van der Waals surface area contributed by atoms with Crippen molar-refractivity contribution in [1.29, 1.82) is 0 Å². The minimum Gasteiger partial charge on any atom is -0.368 e. The van der Waals surface area contributed by atoms with Gasteiger partial charge in [0.1, 0.15) is 0 Å². The van der Waals surface area contributed by atoms with Crippen LogP contribution in [-0.2, 0) is 11.3 Å². The summed E-state index contributed by atoms with van der Waals surface area (Å²) in [6.07, 6.45) is 4.75. The number of aromatic nitrogens is 1. The Morgan fingerprint density at radius 2 is 2.18 bits per heavy atom. The lowest BCUT2D eigenvalue weighted by Gasteiger charge is -2.27. The van der Waals surface area contributed by atoms with Crippen molar-refractivity contribution in [2.75, 3.05) is 0 Å². The lowest BCUT2D eigenvalue weighted by Crippen LogP contribution is -2.42. The summed E-state index contributed by atoms with van der Waals surface area (Å²) in [4.78, 5) is 4.12. The molecule has 1 atom stereocenters. The van der Waals surface area contributed by atoms with E-state index in [-0.39, 0.29) is 11.2 Å². The Bertz CT molecular complexity index is 373. The molecule has 3 heteroatoms. The van der Waals surface area contributed by atoms with Gasteiger partial charge in [-0.3, -0.25) is 4.98 Å². The second-order valence-electron chi connectivity index (χ2n) is 5.96. The van der Waals surface area contributed by atoms with Crippen molar-refractivity contribution in [1.82, 2.24) is 10.3 Å². The van der Waals surface area contributed by atoms with Gasteiger partial charge in [-0.05, 0) is 45.7 Å². The minimum atomic E-state index is -0.105. The Hall–Kier alpha value is -0.930. The third kappa shape index (κ3) is 3.05. The number of nitrogens with zero attached hydrogens (tertiary/aromatic N) is 1. The van der Waals surface area contributed by atoms with Crippen LogP contribution >= 0.6 is 0 Å². The van der Waals surface area contributed by atoms with Gasteiger partial charge >= 0.3 is 0 Å². The summed E-state index contributed by atoms with van der Waals surface area (Å²) in [6.45, 7) is 9.47. The number of nitrogens with one attached hydrogen (secondary N) is 1. The van der Waals surface area contributed by atoms with Crippen molar-refractivity contribution in [3.63, 3.8) is 0 Å². The van der Waals surface area contributed by atoms with Gasteiger partial charge in [-0.25, -0.2) is 0 Å². The summed E-state index contributed by atoms with van der Waals surface area (Å²) in [6, 6.07) is 4.45. The Morgan fingerprint density at radius 3 is 2.71 bits per heavy atom. The highest BCUT2D eigenvalue weighted by molar-refractivity contribution is 5.09. The molecule has 17 heavy (non-hydrogen) atoms. The molecule has 0 bridgehead atoms. The summed E-state index contributed by atoms with van der Waals surface area (Å²) in [5.74, 6) is 0. The molecule has 0 radical (unpaired) electrons. The molecule has 2 rings (SSSR count). The molecule has 0 amide bonds. The van der Waals surface area contributed by atoms with Gasteiger partial charge in [0.25, 0.3) is 0 Å². The molecule has 94 valence electrons. The highest BCUT2D eigenvalue weighted by atomic mass is 16.5. The molecule has 1 aliphatic heterocycles. The standard InChI is InChI=1S/C14H22N2O/c1-13(2)8-12(14(3,4)17-13)16-10-11-6-5-7-15-9-11/h5-7,9,12,16H,8,10H2,1-4H3. The van der Waals surface area contributed by atoms with Gasteiger partial charge in [0.15, 0.2) is 0 Å². The first kappa shape index (κ1) is 12.5. The fourth-order valence-electron chi connectivity index (χ4n) is 2.62. The number of rotatable bonds is 3. The molecule has 0 aliphatic carbocycles. The summed E-state index contributed by atoms with van der Waals surface area (Å²) < 4.78 is 6.06. The molecule has 1 saturated heterocycles. The van der Waals surface area contributed by atoms with E-state index in [2.05, 4.69) is 44.1 Å². The fourth-order valence-corrected chi connectivity index (χ4v) is 2.62. The molecule has 2 heterocycles. The van der Waals surface area contributed by atoms with Gasteiger partial charge in [0.05, 0.1) is 11.2 Å². The molecule has 1 aromatic rings. The van der Waals surface area contributed by atoms with Gasteiger partial charge in [0.2, 0.25) is 0 Å². The van der Waals surface area contributed by atoms with Crippen LogP contribution in [0.3, 0.4) is 0 Å². The number of ether oxygens (including phenoxy) is 1. The van der Waals surface area contributed by atoms with E-state index < -0.39 is 0 Å².